The van der Waals surface area contributed by atoms with E-state index in [0.29, 0.717) is 19.5 Å². The number of carbonyl (C=O) groups excluding carboxylic acids is 2. The molecule has 0 aliphatic carbocycles. The highest BCUT2D eigenvalue weighted by atomic mass is 32.2. The van der Waals surface area contributed by atoms with E-state index < -0.39 is 16.1 Å². The molecule has 8 nitrogen and oxygen atoms in total. The zero-order valence-electron chi connectivity index (χ0n) is 15.8. The van der Waals surface area contributed by atoms with Crippen LogP contribution >= 0.6 is 0 Å². The molecule has 1 fully saturated rings. The summed E-state index contributed by atoms with van der Waals surface area (Å²) in [4.78, 5) is 26.1. The van der Waals surface area contributed by atoms with Crippen LogP contribution in [0.5, 0.6) is 0 Å². The summed E-state index contributed by atoms with van der Waals surface area (Å²) in [5.41, 5.74) is 5.76. The number of carbonyl (C=O) groups is 2. The van der Waals surface area contributed by atoms with Gasteiger partial charge in [-0.05, 0) is 24.5 Å². The van der Waals surface area contributed by atoms with Gasteiger partial charge in [0.05, 0.1) is 17.5 Å². The first-order valence-electron chi connectivity index (χ1n) is 9.09. The van der Waals surface area contributed by atoms with E-state index in [1.165, 1.54) is 4.31 Å². The van der Waals surface area contributed by atoms with Crippen molar-refractivity contribution in [2.24, 2.45) is 11.7 Å². The second-order valence-corrected chi connectivity index (χ2v) is 8.88. The van der Waals surface area contributed by atoms with Crippen LogP contribution in [0.1, 0.15) is 20.3 Å². The van der Waals surface area contributed by atoms with E-state index in [4.69, 9.17) is 5.73 Å². The van der Waals surface area contributed by atoms with Crippen LogP contribution in [0.25, 0.3) is 0 Å². The molecule has 1 aromatic rings. The van der Waals surface area contributed by atoms with Crippen LogP contribution in [0.2, 0.25) is 0 Å². The molecule has 150 valence electrons. The molecule has 2 rings (SSSR count). The Hall–Kier alpha value is -1.97. The largest absolute Gasteiger partial charge is 0.346 e. The second kappa shape index (κ2) is 9.29. The normalized spacial score (nSPS) is 17.4. The fraction of sp³-hybridized carbons (Fsp3) is 0.556. The van der Waals surface area contributed by atoms with E-state index in [9.17, 15) is 18.0 Å². The van der Waals surface area contributed by atoms with Crippen molar-refractivity contribution in [3.63, 3.8) is 0 Å². The number of hydrogen-bond acceptors (Lipinski definition) is 5. The highest BCUT2D eigenvalue weighted by Gasteiger charge is 2.28. The maximum Gasteiger partial charge on any atom is 0.243 e. The summed E-state index contributed by atoms with van der Waals surface area (Å²) < 4.78 is 26.8. The lowest BCUT2D eigenvalue weighted by Gasteiger charge is -2.22. The number of nitrogens with one attached hydrogen (secondary N) is 1. The van der Waals surface area contributed by atoms with Crippen LogP contribution in [0.3, 0.4) is 0 Å². The number of nitrogens with two attached hydrogens (primary N) is 1. The maximum absolute atomic E-state index is 12.7. The van der Waals surface area contributed by atoms with Crippen molar-refractivity contribution in [2.75, 3.05) is 32.7 Å². The number of hydrogen-bond donors (Lipinski definition) is 2. The Labute approximate surface area is 160 Å². The number of benzene rings is 1. The molecule has 1 aliphatic heterocycles. The van der Waals surface area contributed by atoms with Gasteiger partial charge in [0.15, 0.2) is 0 Å². The Bertz CT molecular complexity index is 752. The van der Waals surface area contributed by atoms with Gasteiger partial charge in [-0.2, -0.15) is 4.31 Å². The lowest BCUT2D eigenvalue weighted by molar-refractivity contribution is -0.133. The zero-order chi connectivity index (χ0) is 20.0. The Balaban J connectivity index is 1.92. The minimum Gasteiger partial charge on any atom is -0.346 e. The molecule has 0 unspecified atom stereocenters. The molecule has 27 heavy (non-hydrogen) atoms. The predicted molar refractivity (Wildman–Crippen MR) is 102 cm³/mol. The van der Waals surface area contributed by atoms with E-state index in [1.807, 2.05) is 13.8 Å². The molecule has 0 bridgehead atoms. The van der Waals surface area contributed by atoms with Gasteiger partial charge in [0.25, 0.3) is 0 Å². The molecule has 9 heteroatoms. The summed E-state index contributed by atoms with van der Waals surface area (Å²) in [6.45, 7) is 4.85. The van der Waals surface area contributed by atoms with Crippen molar-refractivity contribution in [1.29, 1.82) is 0 Å². The van der Waals surface area contributed by atoms with Crippen molar-refractivity contribution < 1.29 is 18.0 Å². The van der Waals surface area contributed by atoms with E-state index in [0.717, 1.165) is 0 Å². The van der Waals surface area contributed by atoms with Gasteiger partial charge in [0.1, 0.15) is 0 Å². The lowest BCUT2D eigenvalue weighted by atomic mass is 10.1. The number of nitrogens with zero attached hydrogens (tertiary/aromatic N) is 2. The first-order chi connectivity index (χ1) is 12.7. The maximum atomic E-state index is 12.7. The van der Waals surface area contributed by atoms with Gasteiger partial charge in [-0.25, -0.2) is 8.42 Å². The molecule has 0 aromatic heterocycles. The number of amides is 2. The summed E-state index contributed by atoms with van der Waals surface area (Å²) in [5.74, 6) is -0.616. The van der Waals surface area contributed by atoms with Crippen LogP contribution in [0.15, 0.2) is 35.2 Å². The van der Waals surface area contributed by atoms with Crippen LogP contribution in [0.4, 0.5) is 0 Å². The molecule has 1 heterocycles. The third kappa shape index (κ3) is 5.50. The first-order valence-corrected chi connectivity index (χ1v) is 10.5. The monoisotopic (exact) mass is 396 g/mol. The molecular weight excluding hydrogens is 368 g/mol. The topological polar surface area (TPSA) is 113 Å². The van der Waals surface area contributed by atoms with E-state index in [1.54, 1.807) is 35.2 Å². The standard InChI is InChI=1S/C18H28N4O4S/c1-14(2)17(19)18(24)20-13-16(23)21-9-6-10-22(12-11-21)27(25,26)15-7-4-3-5-8-15/h3-5,7-8,14,17H,6,9-13,19H2,1-2H3,(H,20,24)/t17-/m0/s1. The van der Waals surface area contributed by atoms with Crippen molar-refractivity contribution in [2.45, 2.75) is 31.2 Å². The molecule has 1 atom stereocenters. The quantitative estimate of drug-likeness (QED) is 0.703. The van der Waals surface area contributed by atoms with Crippen molar-refractivity contribution in [1.82, 2.24) is 14.5 Å². The van der Waals surface area contributed by atoms with Crippen LogP contribution < -0.4 is 11.1 Å². The SMILES string of the molecule is CC(C)[C@H](N)C(=O)NCC(=O)N1CCCN(S(=O)(=O)c2ccccc2)CC1. The minimum atomic E-state index is -3.57. The first kappa shape index (κ1) is 21.3. The smallest absolute Gasteiger partial charge is 0.243 e. The van der Waals surface area contributed by atoms with E-state index in [-0.39, 0.29) is 42.3 Å². The van der Waals surface area contributed by atoms with Gasteiger partial charge in [0.2, 0.25) is 21.8 Å². The fourth-order valence-electron chi connectivity index (χ4n) is 2.82. The van der Waals surface area contributed by atoms with Crippen molar-refractivity contribution >= 4 is 21.8 Å². The van der Waals surface area contributed by atoms with Crippen molar-refractivity contribution in [3.8, 4) is 0 Å². The summed E-state index contributed by atoms with van der Waals surface area (Å²) in [5, 5.41) is 2.56. The van der Waals surface area contributed by atoms with E-state index >= 15 is 0 Å². The van der Waals surface area contributed by atoms with Gasteiger partial charge in [-0.3, -0.25) is 9.59 Å². The number of rotatable bonds is 6. The molecule has 0 saturated carbocycles. The molecule has 1 aromatic carbocycles. The van der Waals surface area contributed by atoms with Crippen molar-refractivity contribution in [3.05, 3.63) is 30.3 Å². The fourth-order valence-corrected chi connectivity index (χ4v) is 4.31. The third-order valence-electron chi connectivity index (χ3n) is 4.62. The number of sulfonamides is 1. The predicted octanol–water partition coefficient (Wildman–Crippen LogP) is 0.00910. The van der Waals surface area contributed by atoms with Gasteiger partial charge in [0, 0.05) is 26.2 Å². The molecule has 0 radical (unpaired) electrons. The van der Waals surface area contributed by atoms with Crippen LogP contribution in [-0.2, 0) is 19.6 Å². The summed E-state index contributed by atoms with van der Waals surface area (Å²) >= 11 is 0. The molecule has 1 saturated heterocycles. The third-order valence-corrected chi connectivity index (χ3v) is 6.54. The van der Waals surface area contributed by atoms with Crippen LogP contribution in [-0.4, -0.2) is 68.2 Å². The lowest BCUT2D eigenvalue weighted by Crippen LogP contribution is -2.48. The van der Waals surface area contributed by atoms with E-state index in [2.05, 4.69) is 5.32 Å². The highest BCUT2D eigenvalue weighted by Crippen LogP contribution is 2.17. The summed E-state index contributed by atoms with van der Waals surface area (Å²) in [6, 6.07) is 7.61. The Morgan fingerprint density at radius 1 is 1.11 bits per heavy atom. The Morgan fingerprint density at radius 2 is 1.78 bits per heavy atom. The highest BCUT2D eigenvalue weighted by molar-refractivity contribution is 7.89. The van der Waals surface area contributed by atoms with Gasteiger partial charge in [-0.1, -0.05) is 32.0 Å². The van der Waals surface area contributed by atoms with Gasteiger partial charge in [-0.15, -0.1) is 0 Å². The van der Waals surface area contributed by atoms with Gasteiger partial charge >= 0.3 is 0 Å². The molecule has 1 aliphatic rings. The van der Waals surface area contributed by atoms with Crippen LogP contribution in [0, 0.1) is 5.92 Å². The van der Waals surface area contributed by atoms with Gasteiger partial charge < -0.3 is 16.0 Å². The summed E-state index contributed by atoms with van der Waals surface area (Å²) in [7, 11) is -3.57. The average Bonchev–Trinajstić information content (AvgIpc) is 2.92. The zero-order valence-corrected chi connectivity index (χ0v) is 16.6. The Morgan fingerprint density at radius 3 is 2.41 bits per heavy atom. The Kier molecular flexibility index (Phi) is 7.34. The molecule has 0 spiro atoms. The molecule has 2 amide bonds. The minimum absolute atomic E-state index is 0.0185. The summed E-state index contributed by atoms with van der Waals surface area (Å²) in [6.07, 6.45) is 0.539. The molecular formula is C18H28N4O4S. The molecule has 3 N–H and O–H groups in total. The second-order valence-electron chi connectivity index (χ2n) is 6.94. The average molecular weight is 397 g/mol.